The molecule has 0 spiro atoms. The monoisotopic (exact) mass is 443 g/mol. The average Bonchev–Trinajstić information content (AvgIpc) is 2.78. The molecule has 0 saturated heterocycles. The summed E-state index contributed by atoms with van der Waals surface area (Å²) in [6.07, 6.45) is -0.244. The van der Waals surface area contributed by atoms with Gasteiger partial charge in [-0.1, -0.05) is 23.2 Å². The third-order valence-electron chi connectivity index (χ3n) is 2.36. The first kappa shape index (κ1) is 15.6. The Kier molecular flexibility index (Phi) is 5.57. The summed E-state index contributed by atoms with van der Waals surface area (Å²) in [5.41, 5.74) is 5.76. The number of ether oxygens (including phenoxy) is 1. The summed E-state index contributed by atoms with van der Waals surface area (Å²) >= 11 is 20.5. The van der Waals surface area contributed by atoms with Crippen molar-refractivity contribution >= 4 is 66.4 Å². The van der Waals surface area contributed by atoms with E-state index in [0.717, 1.165) is 13.8 Å². The number of benzene rings is 1. The summed E-state index contributed by atoms with van der Waals surface area (Å²) in [7, 11) is 0. The molecule has 1 unspecified atom stereocenters. The molecule has 1 atom stereocenters. The number of thiophene rings is 1. The Morgan fingerprint density at radius 1 is 1.21 bits per heavy atom. The molecule has 0 fully saturated rings. The van der Waals surface area contributed by atoms with Crippen LogP contribution in [0, 0.1) is 0 Å². The molecule has 1 aromatic heterocycles. The fourth-order valence-electron chi connectivity index (χ4n) is 1.47. The van der Waals surface area contributed by atoms with Crippen LogP contribution in [0.5, 0.6) is 5.75 Å². The van der Waals surface area contributed by atoms with E-state index >= 15 is 0 Å². The molecule has 2 N–H and O–H groups in total. The fourth-order valence-corrected chi connectivity index (χ4v) is 3.79. The Morgan fingerprint density at radius 2 is 1.95 bits per heavy atom. The predicted molar refractivity (Wildman–Crippen MR) is 88.6 cm³/mol. The van der Waals surface area contributed by atoms with Crippen LogP contribution in [-0.4, -0.2) is 6.54 Å². The summed E-state index contributed by atoms with van der Waals surface area (Å²) in [5.74, 6) is 0.523. The van der Waals surface area contributed by atoms with Crippen LogP contribution in [0.2, 0.25) is 10.0 Å². The molecule has 2 nitrogen and oxygen atoms in total. The van der Waals surface area contributed by atoms with Crippen molar-refractivity contribution in [2.45, 2.75) is 6.10 Å². The van der Waals surface area contributed by atoms with Gasteiger partial charge in [-0.25, -0.2) is 0 Å². The molecule has 0 aliphatic heterocycles. The molecule has 2 aromatic rings. The van der Waals surface area contributed by atoms with Crippen molar-refractivity contribution < 1.29 is 4.74 Å². The molecule has 19 heavy (non-hydrogen) atoms. The first-order valence-electron chi connectivity index (χ1n) is 5.26. The molecule has 0 saturated carbocycles. The van der Waals surface area contributed by atoms with Crippen LogP contribution in [0.15, 0.2) is 32.5 Å². The smallest absolute Gasteiger partial charge is 0.145 e. The van der Waals surface area contributed by atoms with Crippen LogP contribution in [0.3, 0.4) is 0 Å². The van der Waals surface area contributed by atoms with Crippen molar-refractivity contribution in [3.05, 3.63) is 47.4 Å². The van der Waals surface area contributed by atoms with E-state index in [4.69, 9.17) is 33.7 Å². The van der Waals surface area contributed by atoms with Gasteiger partial charge in [0.05, 0.1) is 10.0 Å². The minimum absolute atomic E-state index is 0.244. The average molecular weight is 446 g/mol. The van der Waals surface area contributed by atoms with Crippen molar-refractivity contribution in [2.24, 2.45) is 5.73 Å². The quantitative estimate of drug-likeness (QED) is 0.616. The molecule has 0 amide bonds. The number of hydrogen-bond donors (Lipinski definition) is 1. The molecule has 2 rings (SSSR count). The summed E-state index contributed by atoms with van der Waals surface area (Å²) < 4.78 is 7.60. The zero-order valence-electron chi connectivity index (χ0n) is 9.50. The van der Waals surface area contributed by atoms with Gasteiger partial charge in [-0.15, -0.1) is 11.3 Å². The Hall–Kier alpha value is 0.220. The van der Waals surface area contributed by atoms with Crippen LogP contribution in [0.1, 0.15) is 11.0 Å². The van der Waals surface area contributed by atoms with E-state index in [1.807, 2.05) is 11.4 Å². The summed E-state index contributed by atoms with van der Waals surface area (Å²) in [4.78, 5) is 1.03. The molecule has 0 bridgehead atoms. The lowest BCUT2D eigenvalue weighted by Gasteiger charge is -2.17. The van der Waals surface area contributed by atoms with E-state index in [1.165, 1.54) is 0 Å². The van der Waals surface area contributed by atoms with Gasteiger partial charge in [0.25, 0.3) is 0 Å². The van der Waals surface area contributed by atoms with Crippen LogP contribution in [-0.2, 0) is 0 Å². The molecule has 0 radical (unpaired) electrons. The van der Waals surface area contributed by atoms with E-state index in [1.54, 1.807) is 23.5 Å². The topological polar surface area (TPSA) is 35.2 Å². The lowest BCUT2D eigenvalue weighted by molar-refractivity contribution is 0.218. The molecule has 1 aromatic carbocycles. The predicted octanol–water partition coefficient (Wildman–Crippen LogP) is 5.66. The van der Waals surface area contributed by atoms with Crippen molar-refractivity contribution in [3.8, 4) is 5.75 Å². The van der Waals surface area contributed by atoms with Gasteiger partial charge in [-0.2, -0.15) is 0 Å². The zero-order valence-corrected chi connectivity index (χ0v) is 15.0. The fraction of sp³-hybridized carbons (Fsp3) is 0.167. The second-order valence-corrected chi connectivity index (χ2v) is 7.23. The summed E-state index contributed by atoms with van der Waals surface area (Å²) in [6, 6.07) is 5.37. The maximum absolute atomic E-state index is 6.13. The van der Waals surface area contributed by atoms with Gasteiger partial charge in [-0.3, -0.25) is 0 Å². The minimum Gasteiger partial charge on any atom is -0.482 e. The SMILES string of the molecule is NCC(Oc1cc(Cl)c(Br)cc1Cl)c1cc(Br)cs1. The lowest BCUT2D eigenvalue weighted by atomic mass is 10.3. The van der Waals surface area contributed by atoms with Gasteiger partial charge >= 0.3 is 0 Å². The Morgan fingerprint density at radius 3 is 2.53 bits per heavy atom. The van der Waals surface area contributed by atoms with Crippen LogP contribution >= 0.6 is 66.4 Å². The van der Waals surface area contributed by atoms with Crippen molar-refractivity contribution in [1.29, 1.82) is 0 Å². The minimum atomic E-state index is -0.244. The van der Waals surface area contributed by atoms with E-state index in [2.05, 4.69) is 31.9 Å². The third kappa shape index (κ3) is 3.86. The third-order valence-corrected chi connectivity index (χ3v) is 5.64. The number of nitrogens with two attached hydrogens (primary N) is 1. The highest BCUT2D eigenvalue weighted by Crippen LogP contribution is 2.37. The molecule has 1 heterocycles. The van der Waals surface area contributed by atoms with Crippen LogP contribution in [0.25, 0.3) is 0 Å². The Bertz CT molecular complexity index is 591. The first-order valence-corrected chi connectivity index (χ1v) is 8.48. The molecule has 0 aliphatic carbocycles. The van der Waals surface area contributed by atoms with Gasteiger partial charge in [0, 0.05) is 31.8 Å². The highest BCUT2D eigenvalue weighted by Gasteiger charge is 2.16. The van der Waals surface area contributed by atoms with E-state index in [9.17, 15) is 0 Å². The Labute approximate surface area is 142 Å². The lowest BCUT2D eigenvalue weighted by Crippen LogP contribution is -2.17. The standard InChI is InChI=1S/C12H9Br2Cl2NOS/c13-6-1-12(19-5-6)11(4-17)18-10-3-8(15)7(14)2-9(10)16/h1-3,5,11H,4,17H2. The van der Waals surface area contributed by atoms with Gasteiger partial charge < -0.3 is 10.5 Å². The first-order chi connectivity index (χ1) is 9.01. The molecule has 0 aliphatic rings. The molecular weight excluding hydrogens is 437 g/mol. The maximum atomic E-state index is 6.13. The number of hydrogen-bond acceptors (Lipinski definition) is 3. The van der Waals surface area contributed by atoms with Crippen LogP contribution in [0.4, 0.5) is 0 Å². The highest BCUT2D eigenvalue weighted by molar-refractivity contribution is 9.10. The number of rotatable bonds is 4. The van der Waals surface area contributed by atoms with Crippen molar-refractivity contribution in [1.82, 2.24) is 0 Å². The van der Waals surface area contributed by atoms with Crippen molar-refractivity contribution in [2.75, 3.05) is 6.54 Å². The number of halogens is 4. The van der Waals surface area contributed by atoms with E-state index in [-0.39, 0.29) is 6.10 Å². The van der Waals surface area contributed by atoms with Gasteiger partial charge in [0.1, 0.15) is 11.9 Å². The zero-order chi connectivity index (χ0) is 14.0. The van der Waals surface area contributed by atoms with Crippen LogP contribution < -0.4 is 10.5 Å². The second kappa shape index (κ2) is 6.78. The maximum Gasteiger partial charge on any atom is 0.145 e. The summed E-state index contributed by atoms with van der Waals surface area (Å²) in [6.45, 7) is 0.358. The largest absolute Gasteiger partial charge is 0.482 e. The highest BCUT2D eigenvalue weighted by atomic mass is 79.9. The van der Waals surface area contributed by atoms with Gasteiger partial charge in [0.15, 0.2) is 0 Å². The van der Waals surface area contributed by atoms with E-state index < -0.39 is 0 Å². The Balaban J connectivity index is 2.26. The molecule has 102 valence electrons. The molecular formula is C12H9Br2Cl2NOS. The normalized spacial score (nSPS) is 12.5. The summed E-state index contributed by atoms with van der Waals surface area (Å²) in [5, 5.41) is 3.02. The second-order valence-electron chi connectivity index (χ2n) is 3.71. The van der Waals surface area contributed by atoms with Crippen molar-refractivity contribution in [3.63, 3.8) is 0 Å². The van der Waals surface area contributed by atoms with Gasteiger partial charge in [0.2, 0.25) is 0 Å². The van der Waals surface area contributed by atoms with E-state index in [0.29, 0.717) is 22.3 Å². The van der Waals surface area contributed by atoms with Gasteiger partial charge in [-0.05, 0) is 44.0 Å². The molecule has 7 heteroatoms.